The van der Waals surface area contributed by atoms with Crippen molar-refractivity contribution in [3.05, 3.63) is 76.9 Å². The molecule has 1 unspecified atom stereocenters. The lowest BCUT2D eigenvalue weighted by Crippen LogP contribution is -2.37. The fourth-order valence-electron chi connectivity index (χ4n) is 4.02. The Balaban J connectivity index is 1.60. The smallest absolute Gasteiger partial charge is 0.292 e. The van der Waals surface area contributed by atoms with Crippen LogP contribution >= 0.6 is 0 Å². The number of rotatable bonds is 4. The van der Waals surface area contributed by atoms with Crippen LogP contribution in [0.1, 0.15) is 27.4 Å². The van der Waals surface area contributed by atoms with Crippen LogP contribution in [0.15, 0.2) is 53.1 Å². The molecule has 160 valence electrons. The lowest BCUT2D eigenvalue weighted by molar-refractivity contribution is -0.124. The Bertz CT molecular complexity index is 1120. The van der Waals surface area contributed by atoms with E-state index in [9.17, 15) is 14.0 Å². The molecular weight excluding hydrogens is 397 g/mol. The molecule has 2 heterocycles. The largest absolute Gasteiger partial charge is 0.354 e. The second-order valence-corrected chi connectivity index (χ2v) is 7.89. The number of aromatic nitrogens is 1. The minimum Gasteiger partial charge on any atom is -0.354 e. The molecule has 1 atom stereocenters. The number of halogens is 1. The maximum Gasteiger partial charge on any atom is 0.292 e. The summed E-state index contributed by atoms with van der Waals surface area (Å²) < 4.78 is 18.7. The number of carbonyl (C=O) groups is 2. The molecule has 6 nitrogen and oxygen atoms in total. The molecule has 0 radical (unpaired) electrons. The maximum atomic E-state index is 13.6. The highest BCUT2D eigenvalue weighted by atomic mass is 19.1. The predicted octanol–water partition coefficient (Wildman–Crippen LogP) is 3.53. The fourth-order valence-corrected chi connectivity index (χ4v) is 4.02. The van der Waals surface area contributed by atoms with E-state index in [1.807, 2.05) is 31.2 Å². The number of hydrogen-bond donors (Lipinski definition) is 1. The number of nitrogens with one attached hydrogen (secondary N) is 1. The molecule has 3 aromatic rings. The van der Waals surface area contributed by atoms with Gasteiger partial charge in [-0.2, -0.15) is 0 Å². The van der Waals surface area contributed by atoms with Gasteiger partial charge in [-0.1, -0.05) is 35.5 Å². The van der Waals surface area contributed by atoms with Gasteiger partial charge in [-0.15, -0.1) is 0 Å². The summed E-state index contributed by atoms with van der Waals surface area (Å²) in [5, 5.41) is 6.69. The second-order valence-electron chi connectivity index (χ2n) is 7.89. The molecule has 1 aliphatic heterocycles. The van der Waals surface area contributed by atoms with Gasteiger partial charge in [0.1, 0.15) is 5.82 Å². The van der Waals surface area contributed by atoms with Crippen LogP contribution in [0, 0.1) is 25.6 Å². The first-order valence-corrected chi connectivity index (χ1v) is 10.3. The zero-order valence-corrected chi connectivity index (χ0v) is 17.5. The maximum absolute atomic E-state index is 13.6. The minimum atomic E-state index is -0.419. The van der Waals surface area contributed by atoms with E-state index < -0.39 is 5.92 Å². The summed E-state index contributed by atoms with van der Waals surface area (Å²) in [6.45, 7) is 4.69. The van der Waals surface area contributed by atoms with E-state index in [1.165, 1.54) is 12.1 Å². The van der Waals surface area contributed by atoms with Crippen molar-refractivity contribution >= 4 is 11.8 Å². The van der Waals surface area contributed by atoms with Crippen molar-refractivity contribution in [2.75, 3.05) is 19.6 Å². The van der Waals surface area contributed by atoms with Crippen LogP contribution in [0.3, 0.4) is 0 Å². The van der Waals surface area contributed by atoms with Crippen LogP contribution in [0.5, 0.6) is 0 Å². The van der Waals surface area contributed by atoms with E-state index in [1.54, 1.807) is 24.0 Å². The third-order valence-corrected chi connectivity index (χ3v) is 5.58. The molecule has 7 heteroatoms. The van der Waals surface area contributed by atoms with Crippen molar-refractivity contribution < 1.29 is 18.5 Å². The highest BCUT2D eigenvalue weighted by Crippen LogP contribution is 2.29. The molecule has 1 aliphatic rings. The zero-order chi connectivity index (χ0) is 22.0. The Morgan fingerprint density at radius 1 is 1.19 bits per heavy atom. The van der Waals surface area contributed by atoms with Gasteiger partial charge < -0.3 is 14.7 Å². The van der Waals surface area contributed by atoms with Crippen molar-refractivity contribution in [1.29, 1.82) is 0 Å². The monoisotopic (exact) mass is 421 g/mol. The number of hydrogen-bond acceptors (Lipinski definition) is 4. The van der Waals surface area contributed by atoms with E-state index in [4.69, 9.17) is 4.52 Å². The van der Waals surface area contributed by atoms with E-state index in [0.29, 0.717) is 25.2 Å². The van der Waals surface area contributed by atoms with Gasteiger partial charge in [0.05, 0.1) is 11.6 Å². The number of aryl methyl sites for hydroxylation is 2. The summed E-state index contributed by atoms with van der Waals surface area (Å²) in [7, 11) is 0. The van der Waals surface area contributed by atoms with Gasteiger partial charge in [0.25, 0.3) is 5.91 Å². The summed E-state index contributed by atoms with van der Waals surface area (Å²) in [4.78, 5) is 27.2. The molecule has 0 spiro atoms. The van der Waals surface area contributed by atoms with Gasteiger partial charge in [-0.3, -0.25) is 9.59 Å². The van der Waals surface area contributed by atoms with Crippen LogP contribution in [0.25, 0.3) is 11.1 Å². The summed E-state index contributed by atoms with van der Waals surface area (Å²) in [6, 6.07) is 14.1. The third-order valence-electron chi connectivity index (χ3n) is 5.58. The molecule has 2 aromatic carbocycles. The molecule has 31 heavy (non-hydrogen) atoms. The standard InChI is InChI=1S/C24H24FN3O3/c1-15-11-19(25)7-8-20(15)21-6-4-3-5-17(21)13-18-14-28(10-9-26-23(18)29)24(30)22-12-16(2)27-31-22/h3-8,11-12,18H,9-10,13-14H2,1-2H3,(H,26,29). The topological polar surface area (TPSA) is 75.4 Å². The molecular formula is C24H24FN3O3. The lowest BCUT2D eigenvalue weighted by atomic mass is 9.90. The van der Waals surface area contributed by atoms with Gasteiger partial charge in [0.15, 0.2) is 0 Å². The number of nitrogens with zero attached hydrogens (tertiary/aromatic N) is 2. The fraction of sp³-hybridized carbons (Fsp3) is 0.292. The average Bonchev–Trinajstić information content (AvgIpc) is 3.10. The molecule has 1 N–H and O–H groups in total. The Morgan fingerprint density at radius 2 is 2.00 bits per heavy atom. The van der Waals surface area contributed by atoms with Crippen molar-refractivity contribution in [3.63, 3.8) is 0 Å². The highest BCUT2D eigenvalue weighted by Gasteiger charge is 2.30. The van der Waals surface area contributed by atoms with Crippen molar-refractivity contribution in [2.45, 2.75) is 20.3 Å². The summed E-state index contributed by atoms with van der Waals surface area (Å²) in [5.74, 6) is -0.886. The van der Waals surface area contributed by atoms with E-state index in [2.05, 4.69) is 10.5 Å². The van der Waals surface area contributed by atoms with Gasteiger partial charge >= 0.3 is 0 Å². The lowest BCUT2D eigenvalue weighted by Gasteiger charge is -2.23. The Kier molecular flexibility index (Phi) is 5.84. The second kappa shape index (κ2) is 8.71. The third kappa shape index (κ3) is 4.50. The number of benzene rings is 2. The molecule has 0 aliphatic carbocycles. The van der Waals surface area contributed by atoms with Crippen molar-refractivity contribution in [3.8, 4) is 11.1 Å². The van der Waals surface area contributed by atoms with Crippen LogP contribution in [-0.2, 0) is 11.2 Å². The molecule has 0 bridgehead atoms. The molecule has 4 rings (SSSR count). The van der Waals surface area contributed by atoms with Crippen LogP contribution < -0.4 is 5.32 Å². The van der Waals surface area contributed by atoms with E-state index >= 15 is 0 Å². The predicted molar refractivity (Wildman–Crippen MR) is 114 cm³/mol. The summed E-state index contributed by atoms with van der Waals surface area (Å²) in [6.07, 6.45) is 0.456. The minimum absolute atomic E-state index is 0.0883. The zero-order valence-electron chi connectivity index (χ0n) is 17.5. The highest BCUT2D eigenvalue weighted by molar-refractivity contribution is 5.92. The van der Waals surface area contributed by atoms with Crippen LogP contribution in [-0.4, -0.2) is 41.5 Å². The number of amides is 2. The quantitative estimate of drug-likeness (QED) is 0.699. The normalized spacial score (nSPS) is 16.7. The molecule has 2 amide bonds. The van der Waals surface area contributed by atoms with Gasteiger partial charge in [-0.25, -0.2) is 4.39 Å². The first-order valence-electron chi connectivity index (χ1n) is 10.3. The summed E-state index contributed by atoms with van der Waals surface area (Å²) >= 11 is 0. The van der Waals surface area contributed by atoms with Crippen LogP contribution in [0.4, 0.5) is 4.39 Å². The summed E-state index contributed by atoms with van der Waals surface area (Å²) in [5.41, 5.74) is 4.32. The van der Waals surface area contributed by atoms with Crippen molar-refractivity contribution in [1.82, 2.24) is 15.4 Å². The van der Waals surface area contributed by atoms with E-state index in [0.717, 1.165) is 22.3 Å². The van der Waals surface area contributed by atoms with Gasteiger partial charge in [0, 0.05) is 25.7 Å². The van der Waals surface area contributed by atoms with E-state index in [-0.39, 0.29) is 29.9 Å². The average molecular weight is 421 g/mol. The Morgan fingerprint density at radius 3 is 2.74 bits per heavy atom. The molecule has 1 fully saturated rings. The Labute approximate surface area is 180 Å². The SMILES string of the molecule is Cc1cc(C(=O)N2CCNC(=O)C(Cc3ccccc3-c3ccc(F)cc3C)C2)on1. The first kappa shape index (κ1) is 20.8. The molecule has 1 aromatic heterocycles. The molecule has 0 saturated carbocycles. The van der Waals surface area contributed by atoms with Crippen LogP contribution in [0.2, 0.25) is 0 Å². The molecule has 1 saturated heterocycles. The van der Waals surface area contributed by atoms with Crippen molar-refractivity contribution in [2.24, 2.45) is 5.92 Å². The van der Waals surface area contributed by atoms with Gasteiger partial charge in [-0.05, 0) is 54.7 Å². The number of carbonyl (C=O) groups excluding carboxylic acids is 2. The Hall–Kier alpha value is -3.48. The van der Waals surface area contributed by atoms with Gasteiger partial charge in [0.2, 0.25) is 11.7 Å². The first-order chi connectivity index (χ1) is 14.9.